The number of ether oxygens (including phenoxy) is 1. The summed E-state index contributed by atoms with van der Waals surface area (Å²) in [5.41, 5.74) is 7.68. The Bertz CT molecular complexity index is 988. The predicted octanol–water partition coefficient (Wildman–Crippen LogP) is 1.77. The van der Waals surface area contributed by atoms with Crippen LogP contribution in [0.5, 0.6) is 0 Å². The third kappa shape index (κ3) is 5.78. The average molecular weight is 424 g/mol. The van der Waals surface area contributed by atoms with Gasteiger partial charge in [0.15, 0.2) is 0 Å². The summed E-state index contributed by atoms with van der Waals surface area (Å²) in [6, 6.07) is 12.3. The molecule has 1 atom stereocenters. The lowest BCUT2D eigenvalue weighted by Crippen LogP contribution is -2.57. The zero-order valence-electron chi connectivity index (χ0n) is 17.8. The van der Waals surface area contributed by atoms with Crippen LogP contribution in [-0.2, 0) is 22.5 Å². The van der Waals surface area contributed by atoms with E-state index in [0.29, 0.717) is 38.1 Å². The first-order valence-corrected chi connectivity index (χ1v) is 10.6. The molecule has 1 heterocycles. The molecule has 0 spiro atoms. The minimum Gasteiger partial charge on any atom is -0.383 e. The van der Waals surface area contributed by atoms with Crippen LogP contribution in [0, 0.1) is 11.3 Å². The minimum absolute atomic E-state index is 0.180. The van der Waals surface area contributed by atoms with Gasteiger partial charge in [-0.25, -0.2) is 4.68 Å². The van der Waals surface area contributed by atoms with E-state index >= 15 is 0 Å². The van der Waals surface area contributed by atoms with Crippen molar-refractivity contribution in [2.75, 3.05) is 13.7 Å². The third-order valence-corrected chi connectivity index (χ3v) is 5.72. The lowest BCUT2D eigenvalue weighted by Gasteiger charge is -2.32. The van der Waals surface area contributed by atoms with E-state index in [9.17, 15) is 14.9 Å². The molecule has 1 amide bonds. The number of carbonyl (C=O) groups excluding carboxylic acids is 1. The standard InChI is InChI=1S/C23H29N5O3/c1-31-14-13-28-21(29)10-9-20(27-28)18-7-5-17(6-8-18)15-19(16-24)26-22(30)23(25)11-3-2-4-12-23/h5-10,19H,2-4,11-15,25H2,1H3,(H,26,30). The molecule has 1 unspecified atom stereocenters. The number of nitrogens with two attached hydrogens (primary N) is 1. The smallest absolute Gasteiger partial charge is 0.266 e. The number of carbonyl (C=O) groups is 1. The Morgan fingerprint density at radius 3 is 2.61 bits per heavy atom. The van der Waals surface area contributed by atoms with Crippen LogP contribution in [0.1, 0.15) is 37.7 Å². The number of amides is 1. The highest BCUT2D eigenvalue weighted by molar-refractivity contribution is 5.86. The van der Waals surface area contributed by atoms with Crippen LogP contribution in [0.2, 0.25) is 0 Å². The molecule has 8 nitrogen and oxygen atoms in total. The van der Waals surface area contributed by atoms with Crippen molar-refractivity contribution in [2.24, 2.45) is 5.73 Å². The van der Waals surface area contributed by atoms with Crippen LogP contribution in [0.25, 0.3) is 11.3 Å². The van der Waals surface area contributed by atoms with Crippen molar-refractivity contribution in [3.05, 3.63) is 52.3 Å². The summed E-state index contributed by atoms with van der Waals surface area (Å²) >= 11 is 0. The largest absolute Gasteiger partial charge is 0.383 e. The van der Waals surface area contributed by atoms with E-state index in [0.717, 1.165) is 30.4 Å². The quantitative estimate of drug-likeness (QED) is 0.667. The number of nitrogens with one attached hydrogen (secondary N) is 1. The molecule has 3 N–H and O–H groups in total. The van der Waals surface area contributed by atoms with Crippen LogP contribution < -0.4 is 16.6 Å². The van der Waals surface area contributed by atoms with Crippen LogP contribution in [0.15, 0.2) is 41.2 Å². The van der Waals surface area contributed by atoms with Gasteiger partial charge in [0, 0.05) is 25.2 Å². The second-order valence-corrected chi connectivity index (χ2v) is 8.05. The number of hydrogen-bond acceptors (Lipinski definition) is 6. The van der Waals surface area contributed by atoms with Gasteiger partial charge in [0.1, 0.15) is 6.04 Å². The molecule has 1 saturated carbocycles. The molecule has 8 heteroatoms. The van der Waals surface area contributed by atoms with E-state index in [1.165, 1.54) is 10.7 Å². The lowest BCUT2D eigenvalue weighted by molar-refractivity contribution is -0.127. The van der Waals surface area contributed by atoms with Gasteiger partial charge in [-0.1, -0.05) is 43.5 Å². The molecule has 164 valence electrons. The summed E-state index contributed by atoms with van der Waals surface area (Å²) in [6.45, 7) is 0.786. The van der Waals surface area contributed by atoms with Gasteiger partial charge in [-0.2, -0.15) is 10.4 Å². The molecular weight excluding hydrogens is 394 g/mol. The maximum atomic E-state index is 12.6. The highest BCUT2D eigenvalue weighted by atomic mass is 16.5. The number of nitrogens with zero attached hydrogens (tertiary/aromatic N) is 3. The van der Waals surface area contributed by atoms with Crippen molar-refractivity contribution >= 4 is 5.91 Å². The van der Waals surface area contributed by atoms with Gasteiger partial charge in [-0.05, 0) is 24.5 Å². The van der Waals surface area contributed by atoms with E-state index in [1.807, 2.05) is 24.3 Å². The molecular formula is C23H29N5O3. The molecule has 1 aromatic heterocycles. The number of benzene rings is 1. The van der Waals surface area contributed by atoms with Gasteiger partial charge < -0.3 is 15.8 Å². The van der Waals surface area contributed by atoms with Crippen molar-refractivity contribution in [3.63, 3.8) is 0 Å². The maximum Gasteiger partial charge on any atom is 0.266 e. The molecule has 0 aliphatic heterocycles. The van der Waals surface area contributed by atoms with Gasteiger partial charge in [0.2, 0.25) is 5.91 Å². The summed E-state index contributed by atoms with van der Waals surface area (Å²) in [7, 11) is 1.58. The van der Waals surface area contributed by atoms with Gasteiger partial charge in [-0.3, -0.25) is 9.59 Å². The van der Waals surface area contributed by atoms with Gasteiger partial charge in [-0.15, -0.1) is 0 Å². The van der Waals surface area contributed by atoms with Crippen molar-refractivity contribution in [3.8, 4) is 17.3 Å². The minimum atomic E-state index is -0.866. The fraction of sp³-hybridized carbons (Fsp3) is 0.478. The van der Waals surface area contributed by atoms with Crippen molar-refractivity contribution in [2.45, 2.75) is 56.7 Å². The fourth-order valence-corrected chi connectivity index (χ4v) is 3.83. The number of methoxy groups -OCH3 is 1. The van der Waals surface area contributed by atoms with Crippen LogP contribution >= 0.6 is 0 Å². The van der Waals surface area contributed by atoms with E-state index in [-0.39, 0.29) is 11.5 Å². The van der Waals surface area contributed by atoms with E-state index in [2.05, 4.69) is 16.5 Å². The summed E-state index contributed by atoms with van der Waals surface area (Å²) < 4.78 is 6.39. The van der Waals surface area contributed by atoms with Gasteiger partial charge >= 0.3 is 0 Å². The highest BCUT2D eigenvalue weighted by Crippen LogP contribution is 2.26. The van der Waals surface area contributed by atoms with Crippen molar-refractivity contribution in [1.82, 2.24) is 15.1 Å². The van der Waals surface area contributed by atoms with E-state index < -0.39 is 11.6 Å². The zero-order chi connectivity index (χ0) is 22.3. The lowest BCUT2D eigenvalue weighted by atomic mass is 9.81. The molecule has 1 aliphatic carbocycles. The Morgan fingerprint density at radius 1 is 1.26 bits per heavy atom. The Hall–Kier alpha value is -3.02. The Balaban J connectivity index is 1.66. The van der Waals surface area contributed by atoms with E-state index in [1.54, 1.807) is 13.2 Å². The number of nitriles is 1. The zero-order valence-corrected chi connectivity index (χ0v) is 17.8. The molecule has 0 saturated heterocycles. The predicted molar refractivity (Wildman–Crippen MR) is 117 cm³/mol. The third-order valence-electron chi connectivity index (χ3n) is 5.72. The second-order valence-electron chi connectivity index (χ2n) is 8.05. The van der Waals surface area contributed by atoms with Crippen LogP contribution in [0.3, 0.4) is 0 Å². The highest BCUT2D eigenvalue weighted by Gasteiger charge is 2.36. The SMILES string of the molecule is COCCn1nc(-c2ccc(CC(C#N)NC(=O)C3(N)CCCCC3)cc2)ccc1=O. The normalized spacial score (nSPS) is 16.3. The molecule has 1 aliphatic rings. The molecule has 0 radical (unpaired) electrons. The number of aromatic nitrogens is 2. The molecule has 31 heavy (non-hydrogen) atoms. The Labute approximate surface area is 182 Å². The van der Waals surface area contributed by atoms with Crippen molar-refractivity contribution in [1.29, 1.82) is 5.26 Å². The second kappa shape index (κ2) is 10.3. The Morgan fingerprint density at radius 2 is 1.97 bits per heavy atom. The van der Waals surface area contributed by atoms with Gasteiger partial charge in [0.05, 0.1) is 30.5 Å². The summed E-state index contributed by atoms with van der Waals surface area (Å²) in [4.78, 5) is 24.5. The van der Waals surface area contributed by atoms with Crippen LogP contribution in [-0.4, -0.2) is 41.0 Å². The monoisotopic (exact) mass is 423 g/mol. The van der Waals surface area contributed by atoms with E-state index in [4.69, 9.17) is 10.5 Å². The first-order valence-electron chi connectivity index (χ1n) is 10.6. The summed E-state index contributed by atoms with van der Waals surface area (Å²) in [5.74, 6) is -0.238. The molecule has 1 aromatic carbocycles. The fourth-order valence-electron chi connectivity index (χ4n) is 3.83. The average Bonchev–Trinajstić information content (AvgIpc) is 2.79. The maximum absolute atomic E-state index is 12.6. The van der Waals surface area contributed by atoms with Gasteiger partial charge in [0.25, 0.3) is 5.56 Å². The Kier molecular flexibility index (Phi) is 7.55. The molecule has 3 rings (SSSR count). The topological polar surface area (TPSA) is 123 Å². The summed E-state index contributed by atoms with van der Waals surface area (Å²) in [5, 5.41) is 16.7. The summed E-state index contributed by atoms with van der Waals surface area (Å²) in [6.07, 6.45) is 4.68. The molecule has 1 fully saturated rings. The molecule has 0 bridgehead atoms. The van der Waals surface area contributed by atoms with Crippen molar-refractivity contribution < 1.29 is 9.53 Å². The van der Waals surface area contributed by atoms with Crippen LogP contribution in [0.4, 0.5) is 0 Å². The molecule has 2 aromatic rings. The number of rotatable bonds is 8. The first kappa shape index (κ1) is 22.7. The first-order chi connectivity index (χ1) is 14.9. The number of hydrogen-bond donors (Lipinski definition) is 2.